The molecule has 4 rings (SSSR count). The predicted molar refractivity (Wildman–Crippen MR) is 116 cm³/mol. The van der Waals surface area contributed by atoms with Crippen molar-refractivity contribution in [2.75, 3.05) is 5.32 Å². The molecule has 0 bridgehead atoms. The molecular formula is C24H22N4O. The van der Waals surface area contributed by atoms with Gasteiger partial charge in [0.25, 0.3) is 5.91 Å². The fourth-order valence-electron chi connectivity index (χ4n) is 3.29. The van der Waals surface area contributed by atoms with Gasteiger partial charge in [-0.25, -0.2) is 4.98 Å². The van der Waals surface area contributed by atoms with E-state index in [9.17, 15) is 4.79 Å². The van der Waals surface area contributed by atoms with Crippen molar-refractivity contribution in [3.8, 4) is 0 Å². The van der Waals surface area contributed by atoms with E-state index in [4.69, 9.17) is 4.98 Å². The molecule has 2 aromatic carbocycles. The maximum atomic E-state index is 13.0. The van der Waals surface area contributed by atoms with Crippen LogP contribution < -0.4 is 10.6 Å². The lowest BCUT2D eigenvalue weighted by Crippen LogP contribution is -2.23. The first-order valence-corrected chi connectivity index (χ1v) is 9.52. The van der Waals surface area contributed by atoms with Gasteiger partial charge in [-0.2, -0.15) is 0 Å². The summed E-state index contributed by atoms with van der Waals surface area (Å²) in [4.78, 5) is 21.9. The molecule has 0 aliphatic carbocycles. The summed E-state index contributed by atoms with van der Waals surface area (Å²) in [7, 11) is 0. The highest BCUT2D eigenvalue weighted by Crippen LogP contribution is 2.25. The number of nitrogens with one attached hydrogen (secondary N) is 2. The molecule has 29 heavy (non-hydrogen) atoms. The third-order valence-corrected chi connectivity index (χ3v) is 4.76. The van der Waals surface area contributed by atoms with Crippen molar-refractivity contribution in [1.29, 1.82) is 0 Å². The van der Waals surface area contributed by atoms with Crippen molar-refractivity contribution >= 4 is 28.3 Å². The summed E-state index contributed by atoms with van der Waals surface area (Å²) in [5.74, 6) is 0.483. The SMILES string of the molecule is Cc1ccc(Nc2cc(C(=O)NCc3ccccn3)c3ccccc3n2)c(C)c1. The van der Waals surface area contributed by atoms with Gasteiger partial charge in [-0.05, 0) is 49.7 Å². The van der Waals surface area contributed by atoms with Crippen molar-refractivity contribution < 1.29 is 4.79 Å². The maximum absolute atomic E-state index is 13.0. The first-order valence-electron chi connectivity index (χ1n) is 9.52. The molecule has 0 atom stereocenters. The number of fused-ring (bicyclic) bond motifs is 1. The van der Waals surface area contributed by atoms with Crippen LogP contribution in [0.2, 0.25) is 0 Å². The monoisotopic (exact) mass is 382 g/mol. The Morgan fingerprint density at radius 3 is 2.59 bits per heavy atom. The van der Waals surface area contributed by atoms with Gasteiger partial charge in [-0.1, -0.05) is 42.0 Å². The second-order valence-electron chi connectivity index (χ2n) is 7.02. The van der Waals surface area contributed by atoms with Crippen LogP contribution in [0.4, 0.5) is 11.5 Å². The van der Waals surface area contributed by atoms with Gasteiger partial charge in [0.2, 0.25) is 0 Å². The van der Waals surface area contributed by atoms with Crippen LogP contribution >= 0.6 is 0 Å². The minimum atomic E-state index is -0.155. The number of rotatable bonds is 5. The Morgan fingerprint density at radius 1 is 0.966 bits per heavy atom. The van der Waals surface area contributed by atoms with Gasteiger partial charge in [0.05, 0.1) is 23.3 Å². The molecule has 144 valence electrons. The lowest BCUT2D eigenvalue weighted by molar-refractivity contribution is 0.0952. The summed E-state index contributed by atoms with van der Waals surface area (Å²) in [5, 5.41) is 7.13. The first-order chi connectivity index (χ1) is 14.1. The summed E-state index contributed by atoms with van der Waals surface area (Å²) in [6.45, 7) is 4.49. The molecule has 2 aromatic heterocycles. The summed E-state index contributed by atoms with van der Waals surface area (Å²) >= 11 is 0. The van der Waals surface area contributed by atoms with E-state index in [-0.39, 0.29) is 5.91 Å². The van der Waals surface area contributed by atoms with Crippen molar-refractivity contribution in [2.24, 2.45) is 0 Å². The molecule has 0 saturated carbocycles. The Labute approximate surface area is 169 Å². The summed E-state index contributed by atoms with van der Waals surface area (Å²) in [6.07, 6.45) is 1.72. The van der Waals surface area contributed by atoms with Gasteiger partial charge in [-0.15, -0.1) is 0 Å². The van der Waals surface area contributed by atoms with Crippen molar-refractivity contribution in [1.82, 2.24) is 15.3 Å². The molecule has 0 saturated heterocycles. The average molecular weight is 382 g/mol. The quantitative estimate of drug-likeness (QED) is 0.514. The minimum Gasteiger partial charge on any atom is -0.346 e. The molecule has 2 N–H and O–H groups in total. The topological polar surface area (TPSA) is 66.9 Å². The molecule has 2 heterocycles. The fourth-order valence-corrected chi connectivity index (χ4v) is 3.29. The summed E-state index contributed by atoms with van der Waals surface area (Å²) in [5.41, 5.74) is 5.46. The Balaban J connectivity index is 1.66. The number of pyridine rings is 2. The minimum absolute atomic E-state index is 0.155. The van der Waals surface area contributed by atoms with Crippen LogP contribution in [0.25, 0.3) is 10.9 Å². The lowest BCUT2D eigenvalue weighted by atomic mass is 10.1. The normalized spacial score (nSPS) is 10.7. The number of nitrogens with zero attached hydrogens (tertiary/aromatic N) is 2. The second-order valence-corrected chi connectivity index (χ2v) is 7.02. The molecule has 0 unspecified atom stereocenters. The van der Waals surface area contributed by atoms with E-state index < -0.39 is 0 Å². The molecule has 1 amide bonds. The van der Waals surface area contributed by atoms with Crippen LogP contribution in [0.3, 0.4) is 0 Å². The third-order valence-electron chi connectivity index (χ3n) is 4.76. The average Bonchev–Trinajstić information content (AvgIpc) is 2.74. The zero-order valence-electron chi connectivity index (χ0n) is 16.4. The number of amides is 1. The Hall–Kier alpha value is -3.73. The van der Waals surface area contributed by atoms with E-state index in [1.54, 1.807) is 12.3 Å². The number of hydrogen-bond donors (Lipinski definition) is 2. The van der Waals surface area contributed by atoms with E-state index >= 15 is 0 Å². The van der Waals surface area contributed by atoms with Gasteiger partial charge in [0, 0.05) is 17.3 Å². The lowest BCUT2D eigenvalue weighted by Gasteiger charge is -2.13. The second kappa shape index (κ2) is 8.10. The van der Waals surface area contributed by atoms with E-state index in [0.29, 0.717) is 17.9 Å². The number of hydrogen-bond acceptors (Lipinski definition) is 4. The number of carbonyl (C=O) groups excluding carboxylic acids is 1. The predicted octanol–water partition coefficient (Wildman–Crippen LogP) is 4.92. The van der Waals surface area contributed by atoms with Crippen molar-refractivity contribution in [2.45, 2.75) is 20.4 Å². The van der Waals surface area contributed by atoms with Crippen LogP contribution in [0.15, 0.2) is 72.9 Å². The van der Waals surface area contributed by atoms with Crippen LogP contribution in [-0.4, -0.2) is 15.9 Å². The van der Waals surface area contributed by atoms with Crippen molar-refractivity contribution in [3.63, 3.8) is 0 Å². The standard InChI is InChI=1S/C24H22N4O/c1-16-10-11-21(17(2)13-16)27-23-14-20(19-8-3-4-9-22(19)28-23)24(29)26-15-18-7-5-6-12-25-18/h3-14H,15H2,1-2H3,(H,26,29)(H,27,28). The molecule has 0 spiro atoms. The molecule has 5 nitrogen and oxygen atoms in total. The van der Waals surface area contributed by atoms with Crippen molar-refractivity contribution in [3.05, 3.63) is 95.3 Å². The number of anilines is 2. The van der Waals surface area contributed by atoms with Crippen LogP contribution in [0.1, 0.15) is 27.2 Å². The molecule has 0 aliphatic heterocycles. The maximum Gasteiger partial charge on any atom is 0.252 e. The van der Waals surface area contributed by atoms with Crippen LogP contribution in [-0.2, 0) is 6.54 Å². The van der Waals surface area contributed by atoms with Gasteiger partial charge in [0.1, 0.15) is 5.82 Å². The van der Waals surface area contributed by atoms with E-state index in [0.717, 1.165) is 27.8 Å². The van der Waals surface area contributed by atoms with Crippen LogP contribution in [0.5, 0.6) is 0 Å². The largest absolute Gasteiger partial charge is 0.346 e. The third kappa shape index (κ3) is 4.24. The van der Waals surface area contributed by atoms with Gasteiger partial charge in [-0.3, -0.25) is 9.78 Å². The van der Waals surface area contributed by atoms with Gasteiger partial charge < -0.3 is 10.6 Å². The van der Waals surface area contributed by atoms with Gasteiger partial charge in [0.15, 0.2) is 0 Å². The molecule has 0 radical (unpaired) electrons. The first kappa shape index (κ1) is 18.6. The number of aryl methyl sites for hydroxylation is 2. The number of benzene rings is 2. The molecule has 4 aromatic rings. The number of para-hydroxylation sites is 1. The van der Waals surface area contributed by atoms with E-state index in [2.05, 4.69) is 41.6 Å². The smallest absolute Gasteiger partial charge is 0.252 e. The highest BCUT2D eigenvalue weighted by Gasteiger charge is 2.13. The summed E-state index contributed by atoms with van der Waals surface area (Å²) < 4.78 is 0. The van der Waals surface area contributed by atoms with E-state index in [1.807, 2.05) is 48.5 Å². The Bertz CT molecular complexity index is 1170. The highest BCUT2D eigenvalue weighted by atomic mass is 16.1. The molecule has 0 fully saturated rings. The van der Waals surface area contributed by atoms with E-state index in [1.165, 1.54) is 5.56 Å². The van der Waals surface area contributed by atoms with Crippen LogP contribution in [0, 0.1) is 13.8 Å². The zero-order valence-corrected chi connectivity index (χ0v) is 16.4. The molecule has 5 heteroatoms. The number of aromatic nitrogens is 2. The zero-order chi connectivity index (χ0) is 20.2. The fraction of sp³-hybridized carbons (Fsp3) is 0.125. The molecule has 0 aliphatic rings. The highest BCUT2D eigenvalue weighted by molar-refractivity contribution is 6.07. The van der Waals surface area contributed by atoms with Gasteiger partial charge >= 0.3 is 0 Å². The Kier molecular flexibility index (Phi) is 5.20. The number of carbonyl (C=O) groups is 1. The molecular weight excluding hydrogens is 360 g/mol. The Morgan fingerprint density at radius 2 is 1.79 bits per heavy atom. The summed E-state index contributed by atoms with van der Waals surface area (Å²) in [6, 6.07) is 21.3.